The second-order valence-corrected chi connectivity index (χ2v) is 8.13. The predicted molar refractivity (Wildman–Crippen MR) is 112 cm³/mol. The van der Waals surface area contributed by atoms with E-state index >= 15 is 0 Å². The van der Waals surface area contributed by atoms with Crippen molar-refractivity contribution in [2.75, 3.05) is 45.9 Å². The highest BCUT2D eigenvalue weighted by Crippen LogP contribution is 2.20. The van der Waals surface area contributed by atoms with E-state index in [9.17, 15) is 4.79 Å². The lowest BCUT2D eigenvalue weighted by atomic mass is 9.92. The summed E-state index contributed by atoms with van der Waals surface area (Å²) in [5.41, 5.74) is 1.57. The van der Waals surface area contributed by atoms with Crippen LogP contribution >= 0.6 is 0 Å². The van der Waals surface area contributed by atoms with Crippen molar-refractivity contribution in [3.05, 3.63) is 29.3 Å². The number of piperazine rings is 1. The number of ether oxygens (including phenoxy) is 1. The topological polar surface area (TPSA) is 53.0 Å². The molecule has 0 bridgehead atoms. The third-order valence-corrected chi connectivity index (χ3v) is 4.73. The lowest BCUT2D eigenvalue weighted by Gasteiger charge is -2.35. The highest BCUT2D eigenvalue weighted by Gasteiger charge is 2.19. The quantitative estimate of drug-likeness (QED) is 0.772. The van der Waals surface area contributed by atoms with Crippen LogP contribution in [0.25, 0.3) is 0 Å². The summed E-state index contributed by atoms with van der Waals surface area (Å²) in [7, 11) is 0. The van der Waals surface area contributed by atoms with E-state index < -0.39 is 5.97 Å². The number of hydrogen-bond acceptors (Lipinski definition) is 4. The number of benzene rings is 1. The van der Waals surface area contributed by atoms with Crippen molar-refractivity contribution in [1.29, 1.82) is 0 Å². The van der Waals surface area contributed by atoms with Gasteiger partial charge in [0.2, 0.25) is 0 Å². The monoisotopic (exact) mass is 378 g/mol. The van der Waals surface area contributed by atoms with Gasteiger partial charge in [-0.25, -0.2) is 4.79 Å². The van der Waals surface area contributed by atoms with Gasteiger partial charge in [-0.3, -0.25) is 4.90 Å². The maximum absolute atomic E-state index is 11.0. The van der Waals surface area contributed by atoms with Crippen LogP contribution in [0.4, 0.5) is 0 Å². The fourth-order valence-electron chi connectivity index (χ4n) is 2.96. The molecule has 0 unspecified atom stereocenters. The van der Waals surface area contributed by atoms with E-state index in [2.05, 4.69) is 30.6 Å². The van der Waals surface area contributed by atoms with Gasteiger partial charge in [0.05, 0.1) is 5.56 Å². The molecule has 0 saturated carbocycles. The van der Waals surface area contributed by atoms with Crippen LogP contribution in [0, 0.1) is 12.3 Å². The van der Waals surface area contributed by atoms with Crippen molar-refractivity contribution in [2.45, 2.75) is 48.0 Å². The van der Waals surface area contributed by atoms with E-state index in [1.165, 1.54) is 13.0 Å². The van der Waals surface area contributed by atoms with E-state index in [0.29, 0.717) is 17.6 Å². The zero-order valence-electron chi connectivity index (χ0n) is 18.0. The number of carboxylic acid groups (broad SMARTS) is 1. The van der Waals surface area contributed by atoms with Crippen LogP contribution in [-0.4, -0.2) is 66.8 Å². The van der Waals surface area contributed by atoms with E-state index in [1.807, 2.05) is 20.8 Å². The van der Waals surface area contributed by atoms with Crippen molar-refractivity contribution in [3.63, 3.8) is 0 Å². The van der Waals surface area contributed by atoms with Gasteiger partial charge in [0.15, 0.2) is 0 Å². The number of hydrogen-bond donors (Lipinski definition) is 1. The fraction of sp³-hybridized carbons (Fsp3) is 0.682. The molecule has 5 heteroatoms. The van der Waals surface area contributed by atoms with Crippen LogP contribution in [0.15, 0.2) is 18.2 Å². The van der Waals surface area contributed by atoms with Crippen molar-refractivity contribution in [1.82, 2.24) is 9.80 Å². The van der Waals surface area contributed by atoms with Crippen LogP contribution in [0.2, 0.25) is 0 Å². The molecule has 154 valence electrons. The molecular weight excluding hydrogens is 340 g/mol. The summed E-state index contributed by atoms with van der Waals surface area (Å²) in [5.74, 6) is -0.132. The first-order valence-corrected chi connectivity index (χ1v) is 10.2. The molecular formula is C22H38N2O3. The molecule has 1 N–H and O–H groups in total. The molecule has 1 heterocycles. The Balaban J connectivity index is 0.00000176. The summed E-state index contributed by atoms with van der Waals surface area (Å²) in [4.78, 5) is 16.0. The molecule has 2 rings (SSSR count). The average Bonchev–Trinajstić information content (AvgIpc) is 2.63. The van der Waals surface area contributed by atoms with Gasteiger partial charge in [-0.05, 0) is 49.1 Å². The number of nitrogens with zero attached hydrogens (tertiary/aromatic N) is 2. The first kappa shape index (κ1) is 23.4. The molecule has 0 aliphatic carbocycles. The van der Waals surface area contributed by atoms with Crippen molar-refractivity contribution in [3.8, 4) is 5.75 Å². The molecule has 1 aliphatic rings. The van der Waals surface area contributed by atoms with Crippen molar-refractivity contribution < 1.29 is 14.6 Å². The van der Waals surface area contributed by atoms with Gasteiger partial charge < -0.3 is 14.7 Å². The number of carbonyl (C=O) groups is 1. The molecule has 1 aliphatic heterocycles. The molecule has 1 fully saturated rings. The van der Waals surface area contributed by atoms with Gasteiger partial charge in [-0.2, -0.15) is 0 Å². The third kappa shape index (κ3) is 8.76. The number of carboxylic acids is 1. The molecule has 1 aromatic rings. The largest absolute Gasteiger partial charge is 0.492 e. The van der Waals surface area contributed by atoms with Crippen LogP contribution in [0.1, 0.15) is 57.0 Å². The number of rotatable bonds is 7. The summed E-state index contributed by atoms with van der Waals surface area (Å²) in [6.07, 6.45) is 1.24. The lowest BCUT2D eigenvalue weighted by Crippen LogP contribution is -2.48. The fourth-order valence-corrected chi connectivity index (χ4v) is 2.96. The normalized spacial score (nSPS) is 15.8. The van der Waals surface area contributed by atoms with E-state index in [0.717, 1.165) is 44.0 Å². The maximum atomic E-state index is 11.0. The first-order chi connectivity index (χ1) is 12.7. The summed E-state index contributed by atoms with van der Waals surface area (Å²) >= 11 is 0. The molecule has 0 aromatic heterocycles. The van der Waals surface area contributed by atoms with Gasteiger partial charge in [-0.15, -0.1) is 0 Å². The van der Waals surface area contributed by atoms with Gasteiger partial charge in [0.1, 0.15) is 12.4 Å². The van der Waals surface area contributed by atoms with Gasteiger partial charge in [0, 0.05) is 32.7 Å². The molecule has 27 heavy (non-hydrogen) atoms. The Hall–Kier alpha value is -1.59. The molecule has 1 saturated heterocycles. The van der Waals surface area contributed by atoms with E-state index in [1.54, 1.807) is 18.2 Å². The Bertz CT molecular complexity index is 573. The standard InChI is InChI=1S/C20H32N2O3.C2H6/c1-16-15-17(19(23)24)5-6-18(16)25-14-13-22-11-9-21(10-12-22)8-7-20(2,3)4;1-2/h5-6,15H,7-14H2,1-4H3,(H,23,24);1-2H3. The highest BCUT2D eigenvalue weighted by molar-refractivity contribution is 5.88. The van der Waals surface area contributed by atoms with Gasteiger partial charge >= 0.3 is 5.97 Å². The molecule has 0 atom stereocenters. The zero-order valence-corrected chi connectivity index (χ0v) is 18.0. The Kier molecular flexibility index (Phi) is 9.81. The molecule has 1 aromatic carbocycles. The summed E-state index contributed by atoms with van der Waals surface area (Å²) in [6.45, 7) is 19.9. The number of aryl methyl sites for hydroxylation is 1. The zero-order chi connectivity index (χ0) is 20.4. The van der Waals surface area contributed by atoms with Crippen molar-refractivity contribution >= 4 is 5.97 Å². The minimum absolute atomic E-state index is 0.302. The van der Waals surface area contributed by atoms with E-state index in [-0.39, 0.29) is 0 Å². The van der Waals surface area contributed by atoms with Crippen LogP contribution in [-0.2, 0) is 0 Å². The molecule has 0 amide bonds. The first-order valence-electron chi connectivity index (χ1n) is 10.2. The van der Waals surface area contributed by atoms with Gasteiger partial charge in [-0.1, -0.05) is 34.6 Å². The van der Waals surface area contributed by atoms with E-state index in [4.69, 9.17) is 9.84 Å². The minimum Gasteiger partial charge on any atom is -0.492 e. The van der Waals surface area contributed by atoms with Gasteiger partial charge in [0.25, 0.3) is 0 Å². The van der Waals surface area contributed by atoms with Crippen LogP contribution in [0.3, 0.4) is 0 Å². The summed E-state index contributed by atoms with van der Waals surface area (Å²) in [6, 6.07) is 5.01. The minimum atomic E-state index is -0.904. The maximum Gasteiger partial charge on any atom is 0.335 e. The Labute approximate surface area is 165 Å². The summed E-state index contributed by atoms with van der Waals surface area (Å²) < 4.78 is 5.85. The lowest BCUT2D eigenvalue weighted by molar-refractivity contribution is 0.0696. The summed E-state index contributed by atoms with van der Waals surface area (Å²) in [5, 5.41) is 9.00. The predicted octanol–water partition coefficient (Wildman–Crippen LogP) is 4.15. The van der Waals surface area contributed by atoms with Crippen LogP contribution < -0.4 is 4.74 Å². The number of aromatic carboxylic acids is 1. The van der Waals surface area contributed by atoms with Crippen molar-refractivity contribution in [2.24, 2.45) is 5.41 Å². The average molecular weight is 379 g/mol. The molecule has 5 nitrogen and oxygen atoms in total. The highest BCUT2D eigenvalue weighted by atomic mass is 16.5. The molecule has 0 radical (unpaired) electrons. The second-order valence-electron chi connectivity index (χ2n) is 8.13. The third-order valence-electron chi connectivity index (χ3n) is 4.73. The SMILES string of the molecule is CC.Cc1cc(C(=O)O)ccc1OCCN1CCN(CCC(C)(C)C)CC1. The Morgan fingerprint density at radius 1 is 1.07 bits per heavy atom. The Morgan fingerprint density at radius 3 is 2.11 bits per heavy atom. The van der Waals surface area contributed by atoms with Crippen LogP contribution in [0.5, 0.6) is 5.75 Å². The second kappa shape index (κ2) is 11.3. The smallest absolute Gasteiger partial charge is 0.335 e. The molecule has 0 spiro atoms. The Morgan fingerprint density at radius 2 is 1.63 bits per heavy atom.